The molecular formula is C24H25NO3. The van der Waals surface area contributed by atoms with Crippen LogP contribution in [0.1, 0.15) is 31.9 Å². The highest BCUT2D eigenvalue weighted by molar-refractivity contribution is 5.93. The van der Waals surface area contributed by atoms with Gasteiger partial charge in [0.2, 0.25) is 0 Å². The van der Waals surface area contributed by atoms with Crippen LogP contribution >= 0.6 is 0 Å². The van der Waals surface area contributed by atoms with Crippen molar-refractivity contribution in [3.63, 3.8) is 0 Å². The molecule has 0 aromatic heterocycles. The van der Waals surface area contributed by atoms with E-state index in [0.717, 1.165) is 16.3 Å². The van der Waals surface area contributed by atoms with Crippen molar-refractivity contribution in [2.24, 2.45) is 0 Å². The lowest BCUT2D eigenvalue weighted by Gasteiger charge is -2.19. The molecule has 4 heteroatoms. The van der Waals surface area contributed by atoms with Crippen molar-refractivity contribution >= 4 is 28.3 Å². The van der Waals surface area contributed by atoms with E-state index in [9.17, 15) is 9.59 Å². The number of fused-ring (bicyclic) bond motifs is 1. The van der Waals surface area contributed by atoms with E-state index in [1.807, 2.05) is 66.7 Å². The Morgan fingerprint density at radius 1 is 0.893 bits per heavy atom. The summed E-state index contributed by atoms with van der Waals surface area (Å²) in [5, 5.41) is 4.85. The van der Waals surface area contributed by atoms with Gasteiger partial charge in [-0.1, -0.05) is 75.4 Å². The molecule has 0 bridgehead atoms. The third kappa shape index (κ3) is 4.97. The van der Waals surface area contributed by atoms with E-state index in [4.69, 9.17) is 4.74 Å². The van der Waals surface area contributed by atoms with Crippen molar-refractivity contribution in [3.05, 3.63) is 77.9 Å². The molecule has 1 amide bonds. The maximum absolute atomic E-state index is 12.2. The summed E-state index contributed by atoms with van der Waals surface area (Å²) in [7, 11) is 0. The van der Waals surface area contributed by atoms with Gasteiger partial charge in [0.05, 0.1) is 6.42 Å². The third-order valence-electron chi connectivity index (χ3n) is 4.61. The van der Waals surface area contributed by atoms with Crippen LogP contribution in [0.4, 0.5) is 5.69 Å². The van der Waals surface area contributed by atoms with Gasteiger partial charge in [-0.15, -0.1) is 0 Å². The quantitative estimate of drug-likeness (QED) is 0.648. The van der Waals surface area contributed by atoms with Gasteiger partial charge >= 0.3 is 5.97 Å². The Kier molecular flexibility index (Phi) is 5.78. The average Bonchev–Trinajstić information content (AvgIpc) is 2.66. The summed E-state index contributed by atoms with van der Waals surface area (Å²) >= 11 is 0. The van der Waals surface area contributed by atoms with Crippen LogP contribution in [0.5, 0.6) is 0 Å². The minimum absolute atomic E-state index is 0.0552. The summed E-state index contributed by atoms with van der Waals surface area (Å²) in [4.78, 5) is 24.2. The second kappa shape index (κ2) is 8.26. The summed E-state index contributed by atoms with van der Waals surface area (Å²) in [6, 6.07) is 21.4. The van der Waals surface area contributed by atoms with Crippen LogP contribution < -0.4 is 5.32 Å². The minimum atomic E-state index is -0.422. The fourth-order valence-corrected chi connectivity index (χ4v) is 3.05. The zero-order chi connectivity index (χ0) is 20.1. The Morgan fingerprint density at radius 2 is 1.57 bits per heavy atom. The number of carbonyl (C=O) groups is 2. The van der Waals surface area contributed by atoms with Crippen molar-refractivity contribution in [2.75, 3.05) is 11.9 Å². The molecule has 28 heavy (non-hydrogen) atoms. The topological polar surface area (TPSA) is 55.4 Å². The zero-order valence-electron chi connectivity index (χ0n) is 16.5. The van der Waals surface area contributed by atoms with E-state index in [1.54, 1.807) is 0 Å². The Morgan fingerprint density at radius 3 is 2.29 bits per heavy atom. The van der Waals surface area contributed by atoms with E-state index in [1.165, 1.54) is 5.56 Å². The fourth-order valence-electron chi connectivity index (χ4n) is 3.05. The van der Waals surface area contributed by atoms with E-state index < -0.39 is 5.97 Å². The molecule has 3 rings (SSSR count). The lowest BCUT2D eigenvalue weighted by Crippen LogP contribution is -2.21. The van der Waals surface area contributed by atoms with Crippen LogP contribution in [0.2, 0.25) is 0 Å². The van der Waals surface area contributed by atoms with E-state index in [-0.39, 0.29) is 24.3 Å². The summed E-state index contributed by atoms with van der Waals surface area (Å²) in [5.74, 6) is -0.774. The van der Waals surface area contributed by atoms with E-state index >= 15 is 0 Å². The number of rotatable bonds is 5. The summed E-state index contributed by atoms with van der Waals surface area (Å²) in [6.45, 7) is 6.10. The van der Waals surface area contributed by atoms with Crippen molar-refractivity contribution in [1.29, 1.82) is 0 Å². The fraction of sp³-hybridized carbons (Fsp3) is 0.250. The van der Waals surface area contributed by atoms with Crippen LogP contribution in [-0.4, -0.2) is 18.5 Å². The lowest BCUT2D eigenvalue weighted by molar-refractivity contribution is -0.146. The van der Waals surface area contributed by atoms with Crippen LogP contribution in [0.15, 0.2) is 66.7 Å². The van der Waals surface area contributed by atoms with E-state index in [0.29, 0.717) is 5.69 Å². The number of ether oxygens (including phenoxy) is 1. The standard InChI is InChI=1S/C24H25NO3/c1-24(2,3)19-11-13-20(14-12-19)25-22(26)16-28-23(27)15-18-9-6-8-17-7-4-5-10-21(17)18/h4-14H,15-16H2,1-3H3,(H,25,26). The predicted octanol–water partition coefficient (Wildman–Crippen LogP) is 4.86. The smallest absolute Gasteiger partial charge is 0.310 e. The highest BCUT2D eigenvalue weighted by Crippen LogP contribution is 2.23. The number of anilines is 1. The second-order valence-corrected chi connectivity index (χ2v) is 7.85. The normalized spacial score (nSPS) is 11.2. The summed E-state index contributed by atoms with van der Waals surface area (Å²) in [6.07, 6.45) is 0.134. The van der Waals surface area contributed by atoms with Gasteiger partial charge in [0, 0.05) is 5.69 Å². The number of amides is 1. The van der Waals surface area contributed by atoms with Gasteiger partial charge in [0.1, 0.15) is 0 Å². The number of hydrogen-bond donors (Lipinski definition) is 1. The monoisotopic (exact) mass is 375 g/mol. The van der Waals surface area contributed by atoms with Crippen LogP contribution in [-0.2, 0) is 26.2 Å². The Labute approximate surface area is 165 Å². The molecule has 144 valence electrons. The Bertz CT molecular complexity index is 979. The van der Waals surface area contributed by atoms with Crippen LogP contribution in [0, 0.1) is 0 Å². The van der Waals surface area contributed by atoms with Gasteiger partial charge in [0.15, 0.2) is 6.61 Å². The molecule has 0 aliphatic rings. The van der Waals surface area contributed by atoms with Gasteiger partial charge in [-0.25, -0.2) is 0 Å². The van der Waals surface area contributed by atoms with Crippen molar-refractivity contribution < 1.29 is 14.3 Å². The SMILES string of the molecule is CC(C)(C)c1ccc(NC(=O)COC(=O)Cc2cccc3ccccc23)cc1. The molecule has 0 radical (unpaired) electrons. The highest BCUT2D eigenvalue weighted by atomic mass is 16.5. The van der Waals surface area contributed by atoms with E-state index in [2.05, 4.69) is 26.1 Å². The summed E-state index contributed by atoms with van der Waals surface area (Å²) < 4.78 is 5.16. The molecular weight excluding hydrogens is 350 g/mol. The predicted molar refractivity (Wildman–Crippen MR) is 112 cm³/mol. The van der Waals surface area contributed by atoms with Crippen molar-refractivity contribution in [2.45, 2.75) is 32.6 Å². The van der Waals surface area contributed by atoms with Crippen molar-refractivity contribution in [1.82, 2.24) is 0 Å². The Hall–Kier alpha value is -3.14. The molecule has 0 spiro atoms. The number of nitrogens with one attached hydrogen (secondary N) is 1. The van der Waals surface area contributed by atoms with Gasteiger partial charge in [0.25, 0.3) is 5.91 Å². The lowest BCUT2D eigenvalue weighted by atomic mass is 9.87. The molecule has 0 unspecified atom stereocenters. The first-order valence-corrected chi connectivity index (χ1v) is 9.35. The third-order valence-corrected chi connectivity index (χ3v) is 4.61. The molecule has 0 aliphatic carbocycles. The molecule has 0 saturated heterocycles. The minimum Gasteiger partial charge on any atom is -0.455 e. The molecule has 3 aromatic carbocycles. The molecule has 0 aliphatic heterocycles. The number of esters is 1. The Balaban J connectivity index is 1.53. The molecule has 1 N–H and O–H groups in total. The first-order chi connectivity index (χ1) is 13.3. The van der Waals surface area contributed by atoms with Crippen LogP contribution in [0.25, 0.3) is 10.8 Å². The first kappa shape index (κ1) is 19.6. The highest BCUT2D eigenvalue weighted by Gasteiger charge is 2.14. The number of hydrogen-bond acceptors (Lipinski definition) is 3. The molecule has 0 saturated carbocycles. The zero-order valence-corrected chi connectivity index (χ0v) is 16.5. The molecule has 4 nitrogen and oxygen atoms in total. The van der Waals surface area contributed by atoms with Gasteiger partial charge in [-0.2, -0.15) is 0 Å². The van der Waals surface area contributed by atoms with Gasteiger partial charge in [-0.3, -0.25) is 9.59 Å². The first-order valence-electron chi connectivity index (χ1n) is 9.35. The second-order valence-electron chi connectivity index (χ2n) is 7.85. The molecule has 0 atom stereocenters. The molecule has 0 fully saturated rings. The summed E-state index contributed by atoms with van der Waals surface area (Å²) in [5.41, 5.74) is 2.82. The molecule has 0 heterocycles. The maximum Gasteiger partial charge on any atom is 0.310 e. The average molecular weight is 375 g/mol. The van der Waals surface area contributed by atoms with Crippen molar-refractivity contribution in [3.8, 4) is 0 Å². The number of carbonyl (C=O) groups excluding carboxylic acids is 2. The molecule has 3 aromatic rings. The van der Waals surface area contributed by atoms with Gasteiger partial charge in [-0.05, 0) is 39.4 Å². The largest absolute Gasteiger partial charge is 0.455 e. The van der Waals surface area contributed by atoms with Gasteiger partial charge < -0.3 is 10.1 Å². The van der Waals surface area contributed by atoms with Crippen LogP contribution in [0.3, 0.4) is 0 Å². The number of benzene rings is 3. The maximum atomic E-state index is 12.2.